The highest BCUT2D eigenvalue weighted by Gasteiger charge is 2.50. The first-order chi connectivity index (χ1) is 24.4. The van der Waals surface area contributed by atoms with Crippen LogP contribution in [0.2, 0.25) is 0 Å². The van der Waals surface area contributed by atoms with Crippen molar-refractivity contribution in [3.8, 4) is 39.3 Å². The fourth-order valence-corrected chi connectivity index (χ4v) is 11.2. The van der Waals surface area contributed by atoms with Crippen LogP contribution in [0.3, 0.4) is 0 Å². The second-order valence-electron chi connectivity index (χ2n) is 16.0. The zero-order valence-corrected chi connectivity index (χ0v) is 28.3. The van der Waals surface area contributed by atoms with Crippen molar-refractivity contribution in [2.45, 2.75) is 38.5 Å². The van der Waals surface area contributed by atoms with Crippen molar-refractivity contribution < 1.29 is 4.42 Å². The molecule has 50 heavy (non-hydrogen) atoms. The smallest absolute Gasteiger partial charge is 0.333 e. The summed E-state index contributed by atoms with van der Waals surface area (Å²) in [5.41, 5.74) is 22.0. The van der Waals surface area contributed by atoms with Crippen LogP contribution in [0, 0.1) is 0 Å². The topological polar surface area (TPSA) is 23.0 Å². The Morgan fingerprint density at radius 2 is 1.16 bits per heavy atom. The molecule has 5 heterocycles. The van der Waals surface area contributed by atoms with Crippen LogP contribution in [0.4, 0.5) is 0 Å². The lowest BCUT2D eigenvalue weighted by atomic mass is 9.45. The monoisotopic (exact) mass is 638 g/mol. The Hall–Kier alpha value is -5.74. The van der Waals surface area contributed by atoms with E-state index >= 15 is 0 Å². The largest absolute Gasteiger partial charge is 0.455 e. The molecule has 4 heteroatoms. The van der Waals surface area contributed by atoms with Gasteiger partial charge >= 0.3 is 6.85 Å². The minimum Gasteiger partial charge on any atom is -0.455 e. The van der Waals surface area contributed by atoms with Crippen molar-refractivity contribution in [1.29, 1.82) is 0 Å². The maximum atomic E-state index is 6.95. The Bertz CT molecular complexity index is 3110. The molecule has 0 bridgehead atoms. The van der Waals surface area contributed by atoms with Crippen LogP contribution in [0.15, 0.2) is 120 Å². The molecule has 0 saturated heterocycles. The molecule has 0 radical (unpaired) electrons. The molecule has 234 valence electrons. The lowest BCUT2D eigenvalue weighted by Crippen LogP contribution is -2.55. The van der Waals surface area contributed by atoms with Crippen LogP contribution >= 0.6 is 0 Å². The van der Waals surface area contributed by atoms with Crippen LogP contribution in [-0.4, -0.2) is 15.9 Å². The minimum atomic E-state index is -0.128. The minimum absolute atomic E-state index is 0.00898. The Morgan fingerprint density at radius 1 is 0.560 bits per heavy atom. The van der Waals surface area contributed by atoms with Gasteiger partial charge in [-0.05, 0) is 45.3 Å². The third-order valence-electron chi connectivity index (χ3n) is 13.0. The number of para-hydroxylation sites is 3. The molecular formula is C46H31BN2O. The Labute approximate surface area is 289 Å². The van der Waals surface area contributed by atoms with E-state index in [0.29, 0.717) is 0 Å². The van der Waals surface area contributed by atoms with Gasteiger partial charge in [0.2, 0.25) is 0 Å². The Morgan fingerprint density at radius 3 is 1.94 bits per heavy atom. The van der Waals surface area contributed by atoms with Gasteiger partial charge in [-0.1, -0.05) is 131 Å². The molecule has 0 N–H and O–H groups in total. The molecular weight excluding hydrogens is 607 g/mol. The van der Waals surface area contributed by atoms with E-state index < -0.39 is 0 Å². The van der Waals surface area contributed by atoms with Gasteiger partial charge in [0.15, 0.2) is 0 Å². The molecule has 2 aliphatic carbocycles. The van der Waals surface area contributed by atoms with Gasteiger partial charge in [-0.2, -0.15) is 0 Å². The van der Waals surface area contributed by atoms with E-state index in [0.717, 1.165) is 11.2 Å². The highest BCUT2D eigenvalue weighted by atomic mass is 16.3. The zero-order chi connectivity index (χ0) is 33.0. The molecule has 0 atom stereocenters. The highest BCUT2D eigenvalue weighted by molar-refractivity contribution is 6.90. The molecule has 6 aromatic carbocycles. The molecule has 3 aromatic heterocycles. The van der Waals surface area contributed by atoms with Crippen LogP contribution in [0.1, 0.15) is 49.9 Å². The summed E-state index contributed by atoms with van der Waals surface area (Å²) in [7, 11) is 0. The molecule has 3 nitrogen and oxygen atoms in total. The van der Waals surface area contributed by atoms with Gasteiger partial charge in [0, 0.05) is 71.5 Å². The van der Waals surface area contributed by atoms with Crippen molar-refractivity contribution in [2.75, 3.05) is 0 Å². The molecule has 4 aliphatic rings. The van der Waals surface area contributed by atoms with Crippen LogP contribution in [0.5, 0.6) is 0 Å². The number of benzene rings is 6. The average molecular weight is 639 g/mol. The van der Waals surface area contributed by atoms with Crippen molar-refractivity contribution in [1.82, 2.24) is 9.05 Å². The number of furan rings is 1. The van der Waals surface area contributed by atoms with E-state index in [-0.39, 0.29) is 17.7 Å². The standard InChI is InChI=1S/C46H31BN2O/c1-45(2)31-19-8-5-14-25(31)42-37(45)29-18-12-21-33-41(29)48(42)34-23-30-24-13-7-10-22-35(24)50-44(30)36-27-16-11-17-28-38-43(49(40(27)28)47(33)39(34)36)26-15-6-9-20-32(26)46(38,3)4/h5-23H,1-4H3. The molecule has 0 spiro atoms. The molecule has 0 unspecified atom stereocenters. The summed E-state index contributed by atoms with van der Waals surface area (Å²) in [5, 5.41) is 5.07. The van der Waals surface area contributed by atoms with Gasteiger partial charge < -0.3 is 13.5 Å². The fourth-order valence-electron chi connectivity index (χ4n) is 11.2. The number of hydrogen-bond donors (Lipinski definition) is 0. The van der Waals surface area contributed by atoms with Crippen LogP contribution in [-0.2, 0) is 10.8 Å². The summed E-state index contributed by atoms with van der Waals surface area (Å²) >= 11 is 0. The molecule has 0 amide bonds. The van der Waals surface area contributed by atoms with Crippen molar-refractivity contribution >= 4 is 61.5 Å². The molecule has 0 fully saturated rings. The normalized spacial score (nSPS) is 16.3. The number of aromatic nitrogens is 2. The quantitative estimate of drug-likeness (QED) is 0.152. The third-order valence-corrected chi connectivity index (χ3v) is 13.0. The van der Waals surface area contributed by atoms with E-state index in [1.807, 2.05) is 0 Å². The first kappa shape index (κ1) is 26.2. The predicted molar refractivity (Wildman–Crippen MR) is 207 cm³/mol. The number of fused-ring (bicyclic) bond motifs is 18. The second kappa shape index (κ2) is 8.00. The van der Waals surface area contributed by atoms with E-state index in [1.54, 1.807) is 0 Å². The maximum Gasteiger partial charge on any atom is 0.333 e. The van der Waals surface area contributed by atoms with Gasteiger partial charge in [-0.3, -0.25) is 0 Å². The Balaban J connectivity index is 1.31. The van der Waals surface area contributed by atoms with Crippen molar-refractivity contribution in [3.05, 3.63) is 138 Å². The summed E-state index contributed by atoms with van der Waals surface area (Å²) in [4.78, 5) is 0. The van der Waals surface area contributed by atoms with Gasteiger partial charge in [-0.15, -0.1) is 0 Å². The average Bonchev–Trinajstić information content (AvgIpc) is 3.89. The first-order valence-corrected chi connectivity index (χ1v) is 17.9. The zero-order valence-electron chi connectivity index (χ0n) is 28.3. The van der Waals surface area contributed by atoms with E-state index in [2.05, 4.69) is 152 Å². The summed E-state index contributed by atoms with van der Waals surface area (Å²) in [6, 6.07) is 43.3. The summed E-state index contributed by atoms with van der Waals surface area (Å²) < 4.78 is 12.3. The van der Waals surface area contributed by atoms with Gasteiger partial charge in [0.05, 0.1) is 11.2 Å². The number of hydrogen-bond acceptors (Lipinski definition) is 1. The predicted octanol–water partition coefficient (Wildman–Crippen LogP) is 10.0. The first-order valence-electron chi connectivity index (χ1n) is 17.9. The summed E-state index contributed by atoms with van der Waals surface area (Å²) in [5.74, 6) is 0. The van der Waals surface area contributed by atoms with Gasteiger partial charge in [0.1, 0.15) is 11.2 Å². The lowest BCUT2D eigenvalue weighted by Gasteiger charge is -2.35. The van der Waals surface area contributed by atoms with Gasteiger partial charge in [-0.25, -0.2) is 0 Å². The SMILES string of the molecule is CC1(C)c2ccccc2-c2c1c1cccc3c1n2B1c2c(cc4c(oc5ccccc54)c2-3)-n2c3c(c4cccc1c42)C(C)(C)c1ccccc1-3. The van der Waals surface area contributed by atoms with Crippen molar-refractivity contribution in [3.63, 3.8) is 0 Å². The molecule has 13 rings (SSSR count). The van der Waals surface area contributed by atoms with Crippen molar-refractivity contribution in [2.24, 2.45) is 0 Å². The second-order valence-corrected chi connectivity index (χ2v) is 16.0. The third kappa shape index (κ3) is 2.57. The van der Waals surface area contributed by atoms with Crippen LogP contribution in [0.25, 0.3) is 83.1 Å². The lowest BCUT2D eigenvalue weighted by molar-refractivity contribution is 0.666. The maximum absolute atomic E-state index is 6.95. The van der Waals surface area contributed by atoms with E-state index in [4.69, 9.17) is 4.42 Å². The highest BCUT2D eigenvalue weighted by Crippen LogP contribution is 2.58. The van der Waals surface area contributed by atoms with Gasteiger partial charge in [0.25, 0.3) is 0 Å². The van der Waals surface area contributed by atoms with E-state index in [1.165, 1.54) is 105 Å². The summed E-state index contributed by atoms with van der Waals surface area (Å²) in [6.07, 6.45) is 0. The van der Waals surface area contributed by atoms with E-state index in [9.17, 15) is 0 Å². The number of rotatable bonds is 0. The molecule has 0 saturated carbocycles. The number of nitrogens with zero attached hydrogens (tertiary/aromatic N) is 2. The Kier molecular flexibility index (Phi) is 4.19. The fraction of sp³-hybridized carbons (Fsp3) is 0.130. The molecule has 2 aliphatic heterocycles. The summed E-state index contributed by atoms with van der Waals surface area (Å²) in [6.45, 7) is 9.65. The van der Waals surface area contributed by atoms with Crippen LogP contribution < -0.4 is 10.9 Å². The molecule has 9 aromatic rings.